The van der Waals surface area contributed by atoms with E-state index < -0.39 is 0 Å². The highest BCUT2D eigenvalue weighted by Crippen LogP contribution is 2.37. The number of hydrogen-bond donors (Lipinski definition) is 1. The Balaban J connectivity index is 1.52. The number of hydrogen-bond acceptors (Lipinski definition) is 5. The van der Waals surface area contributed by atoms with Gasteiger partial charge < -0.3 is 5.32 Å². The first kappa shape index (κ1) is 19.7. The van der Waals surface area contributed by atoms with Crippen LogP contribution in [0.5, 0.6) is 0 Å². The molecule has 1 saturated heterocycles. The van der Waals surface area contributed by atoms with Crippen LogP contribution in [0, 0.1) is 18.7 Å². The van der Waals surface area contributed by atoms with Crippen molar-refractivity contribution in [2.24, 2.45) is 5.92 Å². The van der Waals surface area contributed by atoms with Crippen LogP contribution in [0.25, 0.3) is 11.4 Å². The first-order valence-corrected chi connectivity index (χ1v) is 10.0. The number of aromatic nitrogens is 3. The van der Waals surface area contributed by atoms with Gasteiger partial charge in [-0.15, -0.1) is 0 Å². The second kappa shape index (κ2) is 8.43. The number of pyridine rings is 1. The Kier molecular flexibility index (Phi) is 5.74. The minimum atomic E-state index is -0.373. The summed E-state index contributed by atoms with van der Waals surface area (Å²) in [5.41, 5.74) is 2.56. The van der Waals surface area contributed by atoms with Crippen LogP contribution >= 0.6 is 11.6 Å². The number of likely N-dealkylation sites (tertiary alicyclic amines) is 1. The number of halogens is 2. The van der Waals surface area contributed by atoms with Gasteiger partial charge in [-0.1, -0.05) is 23.7 Å². The van der Waals surface area contributed by atoms with E-state index in [1.54, 1.807) is 18.3 Å². The van der Waals surface area contributed by atoms with Crippen LogP contribution in [0.2, 0.25) is 5.02 Å². The van der Waals surface area contributed by atoms with Gasteiger partial charge in [0, 0.05) is 24.8 Å². The molecule has 2 unspecified atom stereocenters. The zero-order chi connectivity index (χ0) is 20.4. The molecule has 0 saturated carbocycles. The van der Waals surface area contributed by atoms with Crippen molar-refractivity contribution in [2.75, 3.05) is 25.5 Å². The molecule has 2 aromatic heterocycles. The lowest BCUT2D eigenvalue weighted by Crippen LogP contribution is -2.25. The normalized spacial score (nSPS) is 19.4. The van der Waals surface area contributed by atoms with Gasteiger partial charge in [-0.25, -0.2) is 14.4 Å². The first-order valence-electron chi connectivity index (χ1n) is 9.67. The van der Waals surface area contributed by atoms with Crippen molar-refractivity contribution in [2.45, 2.75) is 19.4 Å². The fraction of sp³-hybridized carbons (Fsp3) is 0.318. The van der Waals surface area contributed by atoms with Crippen LogP contribution in [0.15, 0.2) is 48.7 Å². The smallest absolute Gasteiger partial charge is 0.142 e. The zero-order valence-corrected chi connectivity index (χ0v) is 17.2. The maximum absolute atomic E-state index is 14.0. The van der Waals surface area contributed by atoms with Crippen LogP contribution in [-0.4, -0.2) is 40.0 Å². The van der Waals surface area contributed by atoms with Crippen LogP contribution in [0.4, 0.5) is 10.2 Å². The highest BCUT2D eigenvalue weighted by molar-refractivity contribution is 6.30. The van der Waals surface area contributed by atoms with Gasteiger partial charge in [-0.3, -0.25) is 9.88 Å². The lowest BCUT2D eigenvalue weighted by molar-refractivity contribution is 0.281. The number of nitrogens with zero attached hydrogens (tertiary/aromatic N) is 4. The third-order valence-electron chi connectivity index (χ3n) is 5.37. The molecule has 5 nitrogen and oxygen atoms in total. The summed E-state index contributed by atoms with van der Waals surface area (Å²) in [7, 11) is 2.07. The third-order valence-corrected chi connectivity index (χ3v) is 5.68. The molecule has 29 heavy (non-hydrogen) atoms. The first-order chi connectivity index (χ1) is 14.0. The molecule has 0 aliphatic carbocycles. The van der Waals surface area contributed by atoms with E-state index in [1.165, 1.54) is 0 Å². The lowest BCUT2D eigenvalue weighted by atomic mass is 9.93. The molecule has 1 aliphatic heterocycles. The van der Waals surface area contributed by atoms with E-state index in [9.17, 15) is 4.39 Å². The predicted molar refractivity (Wildman–Crippen MR) is 113 cm³/mol. The molecule has 150 valence electrons. The Morgan fingerprint density at radius 2 is 2.03 bits per heavy atom. The summed E-state index contributed by atoms with van der Waals surface area (Å²) >= 11 is 5.86. The maximum atomic E-state index is 14.0. The van der Waals surface area contributed by atoms with Gasteiger partial charge in [0.05, 0.1) is 16.4 Å². The molecular weight excluding hydrogens is 389 g/mol. The molecule has 7 heteroatoms. The zero-order valence-electron chi connectivity index (χ0n) is 16.4. The van der Waals surface area contributed by atoms with Crippen molar-refractivity contribution >= 4 is 17.4 Å². The molecule has 4 rings (SSSR count). The van der Waals surface area contributed by atoms with E-state index in [2.05, 4.69) is 32.2 Å². The Morgan fingerprint density at radius 3 is 2.79 bits per heavy atom. The van der Waals surface area contributed by atoms with Gasteiger partial charge in [-0.05, 0) is 62.7 Å². The summed E-state index contributed by atoms with van der Waals surface area (Å²) in [5, 5.41) is 3.61. The van der Waals surface area contributed by atoms with Crippen molar-refractivity contribution in [1.29, 1.82) is 0 Å². The predicted octanol–water partition coefficient (Wildman–Crippen LogP) is 4.74. The standard InChI is InChI=1S/C22H23ClFN5/c1-14-27-20(19-5-3-4-9-25-19)12-21(28-14)26-13-16-8-10-29(2)22(16)15-6-7-17(23)18(24)11-15/h3-7,9,11-12,16,22H,8,10,13H2,1-2H3,(H,26,27,28). The van der Waals surface area contributed by atoms with Crippen molar-refractivity contribution in [1.82, 2.24) is 19.9 Å². The SMILES string of the molecule is Cc1nc(NCC2CCN(C)C2c2ccc(Cl)c(F)c2)cc(-c2ccccn2)n1. The second-order valence-corrected chi connectivity index (χ2v) is 7.84. The van der Waals surface area contributed by atoms with Gasteiger partial charge in [0.1, 0.15) is 17.5 Å². The fourth-order valence-corrected chi connectivity index (χ4v) is 4.12. The number of benzene rings is 1. The highest BCUT2D eigenvalue weighted by Gasteiger charge is 2.33. The molecule has 1 aromatic carbocycles. The van der Waals surface area contributed by atoms with E-state index in [0.717, 1.165) is 42.3 Å². The monoisotopic (exact) mass is 411 g/mol. The van der Waals surface area contributed by atoms with Crippen LogP contribution < -0.4 is 5.32 Å². The second-order valence-electron chi connectivity index (χ2n) is 7.43. The average molecular weight is 412 g/mol. The summed E-state index contributed by atoms with van der Waals surface area (Å²) < 4.78 is 14.0. The average Bonchev–Trinajstić information content (AvgIpc) is 3.09. The van der Waals surface area contributed by atoms with Crippen LogP contribution in [0.1, 0.15) is 23.9 Å². The summed E-state index contributed by atoms with van der Waals surface area (Å²) in [6, 6.07) is 12.9. The fourth-order valence-electron chi connectivity index (χ4n) is 4.00. The minimum Gasteiger partial charge on any atom is -0.370 e. The van der Waals surface area contributed by atoms with Crippen molar-refractivity contribution < 1.29 is 4.39 Å². The van der Waals surface area contributed by atoms with E-state index in [4.69, 9.17) is 11.6 Å². The number of nitrogens with one attached hydrogen (secondary N) is 1. The van der Waals surface area contributed by atoms with E-state index in [0.29, 0.717) is 11.7 Å². The number of rotatable bonds is 5. The van der Waals surface area contributed by atoms with Crippen molar-refractivity contribution in [3.05, 3.63) is 70.9 Å². The van der Waals surface area contributed by atoms with Gasteiger partial charge in [0.15, 0.2) is 0 Å². The van der Waals surface area contributed by atoms with E-state index >= 15 is 0 Å². The molecule has 0 bridgehead atoms. The molecule has 0 radical (unpaired) electrons. The Labute approximate surface area is 175 Å². The number of anilines is 1. The van der Waals surface area contributed by atoms with Crippen LogP contribution in [-0.2, 0) is 0 Å². The summed E-state index contributed by atoms with van der Waals surface area (Å²) in [5.74, 6) is 1.42. The molecular formula is C22H23ClFN5. The highest BCUT2D eigenvalue weighted by atomic mass is 35.5. The maximum Gasteiger partial charge on any atom is 0.142 e. The van der Waals surface area contributed by atoms with Gasteiger partial charge in [-0.2, -0.15) is 0 Å². The Hall–Kier alpha value is -2.57. The summed E-state index contributed by atoms with van der Waals surface area (Å²) in [6.07, 6.45) is 2.78. The topological polar surface area (TPSA) is 53.9 Å². The van der Waals surface area contributed by atoms with E-state index in [1.807, 2.05) is 37.3 Å². The minimum absolute atomic E-state index is 0.132. The van der Waals surface area contributed by atoms with Crippen LogP contribution in [0.3, 0.4) is 0 Å². The summed E-state index contributed by atoms with van der Waals surface area (Å²) in [6.45, 7) is 3.57. The third kappa shape index (κ3) is 4.38. The molecule has 1 fully saturated rings. The molecule has 3 aromatic rings. The quantitative estimate of drug-likeness (QED) is 0.656. The van der Waals surface area contributed by atoms with Gasteiger partial charge in [0.2, 0.25) is 0 Å². The largest absolute Gasteiger partial charge is 0.370 e. The Morgan fingerprint density at radius 1 is 1.17 bits per heavy atom. The van der Waals surface area contributed by atoms with Gasteiger partial charge >= 0.3 is 0 Å². The molecule has 1 aliphatic rings. The molecule has 0 spiro atoms. The molecule has 3 heterocycles. The van der Waals surface area contributed by atoms with E-state index in [-0.39, 0.29) is 16.9 Å². The lowest BCUT2D eigenvalue weighted by Gasteiger charge is -2.26. The molecule has 0 amide bonds. The molecule has 2 atom stereocenters. The number of aryl methyl sites for hydroxylation is 1. The Bertz CT molecular complexity index is 998. The molecule has 1 N–H and O–H groups in total. The summed E-state index contributed by atoms with van der Waals surface area (Å²) in [4.78, 5) is 15.7. The van der Waals surface area contributed by atoms with Gasteiger partial charge in [0.25, 0.3) is 0 Å². The van der Waals surface area contributed by atoms with Crippen molar-refractivity contribution in [3.8, 4) is 11.4 Å². The van der Waals surface area contributed by atoms with Crippen molar-refractivity contribution in [3.63, 3.8) is 0 Å².